The van der Waals surface area contributed by atoms with E-state index in [1.54, 1.807) is 24.0 Å². The third-order valence-corrected chi connectivity index (χ3v) is 5.36. The van der Waals surface area contributed by atoms with Crippen LogP contribution in [0.2, 0.25) is 0 Å². The highest BCUT2D eigenvalue weighted by Crippen LogP contribution is 2.24. The molecular weight excluding hydrogens is 409 g/mol. The second-order valence-corrected chi connectivity index (χ2v) is 7.89. The molecule has 0 spiro atoms. The van der Waals surface area contributed by atoms with Gasteiger partial charge in [0.15, 0.2) is 0 Å². The molecule has 2 amide bonds. The van der Waals surface area contributed by atoms with Crippen LogP contribution in [0.3, 0.4) is 0 Å². The van der Waals surface area contributed by atoms with Crippen molar-refractivity contribution in [2.24, 2.45) is 0 Å². The minimum absolute atomic E-state index is 0.241. The third kappa shape index (κ3) is 5.14. The minimum atomic E-state index is -0.338. The fourth-order valence-electron chi connectivity index (χ4n) is 3.48. The number of aromatic nitrogens is 2. The lowest BCUT2D eigenvalue weighted by atomic mass is 10.2. The molecule has 7 nitrogen and oxygen atoms in total. The van der Waals surface area contributed by atoms with Crippen molar-refractivity contribution in [1.82, 2.24) is 14.9 Å². The summed E-state index contributed by atoms with van der Waals surface area (Å²) in [6.45, 7) is 7.83. The normalized spacial score (nSPS) is 13.8. The molecule has 0 radical (unpaired) electrons. The van der Waals surface area contributed by atoms with Gasteiger partial charge in [-0.2, -0.15) is 4.98 Å². The second-order valence-electron chi connectivity index (χ2n) is 7.89. The Bertz CT molecular complexity index is 1110. The molecule has 8 heteroatoms. The number of nitrogens with zero attached hydrogens (tertiary/aromatic N) is 4. The highest BCUT2D eigenvalue weighted by molar-refractivity contribution is 5.89. The molecule has 32 heavy (non-hydrogen) atoms. The van der Waals surface area contributed by atoms with Crippen molar-refractivity contribution in [1.29, 1.82) is 0 Å². The number of hydrogen-bond acceptors (Lipinski definition) is 5. The largest absolute Gasteiger partial charge is 0.439 e. The molecule has 1 N–H and O–H groups in total. The number of hydrogen-bond donors (Lipinski definition) is 1. The Morgan fingerprint density at radius 2 is 1.69 bits per heavy atom. The van der Waals surface area contributed by atoms with Crippen LogP contribution < -0.4 is 15.0 Å². The van der Waals surface area contributed by atoms with Gasteiger partial charge in [-0.1, -0.05) is 23.8 Å². The van der Waals surface area contributed by atoms with E-state index >= 15 is 0 Å². The Balaban J connectivity index is 1.38. The van der Waals surface area contributed by atoms with Gasteiger partial charge in [0, 0.05) is 37.9 Å². The van der Waals surface area contributed by atoms with Crippen molar-refractivity contribution in [2.75, 3.05) is 36.4 Å². The third-order valence-electron chi connectivity index (χ3n) is 5.36. The number of aryl methyl sites for hydroxylation is 3. The van der Waals surface area contributed by atoms with E-state index < -0.39 is 0 Å². The Hall–Kier alpha value is -3.68. The summed E-state index contributed by atoms with van der Waals surface area (Å²) in [6, 6.07) is 14.0. The van der Waals surface area contributed by atoms with Crippen LogP contribution in [-0.4, -0.2) is 47.1 Å². The number of urea groups is 1. The van der Waals surface area contributed by atoms with Crippen LogP contribution in [0.4, 0.5) is 20.7 Å². The molecule has 0 unspecified atom stereocenters. The predicted molar refractivity (Wildman–Crippen MR) is 122 cm³/mol. The number of rotatable bonds is 4. The maximum absolute atomic E-state index is 13.7. The molecule has 1 aliphatic rings. The number of benzene rings is 2. The highest BCUT2D eigenvalue weighted by atomic mass is 19.1. The quantitative estimate of drug-likeness (QED) is 0.644. The number of piperazine rings is 1. The Kier molecular flexibility index (Phi) is 6.20. The lowest BCUT2D eigenvalue weighted by Gasteiger charge is -2.35. The van der Waals surface area contributed by atoms with Gasteiger partial charge in [-0.3, -0.25) is 0 Å². The molecule has 2 heterocycles. The van der Waals surface area contributed by atoms with E-state index in [1.165, 1.54) is 6.07 Å². The zero-order valence-corrected chi connectivity index (χ0v) is 18.4. The molecule has 166 valence electrons. The van der Waals surface area contributed by atoms with E-state index in [2.05, 4.69) is 20.2 Å². The van der Waals surface area contributed by atoms with E-state index in [-0.39, 0.29) is 11.8 Å². The van der Waals surface area contributed by atoms with Crippen molar-refractivity contribution in [2.45, 2.75) is 20.8 Å². The molecule has 1 aliphatic heterocycles. The average molecular weight is 436 g/mol. The van der Waals surface area contributed by atoms with Crippen molar-refractivity contribution in [3.63, 3.8) is 0 Å². The van der Waals surface area contributed by atoms with Crippen LogP contribution >= 0.6 is 0 Å². The van der Waals surface area contributed by atoms with Crippen molar-refractivity contribution in [3.05, 3.63) is 71.3 Å². The first-order valence-electron chi connectivity index (χ1n) is 10.5. The molecule has 0 atom stereocenters. The summed E-state index contributed by atoms with van der Waals surface area (Å²) in [5, 5.41) is 2.77. The van der Waals surface area contributed by atoms with Crippen LogP contribution in [0.15, 0.2) is 48.5 Å². The maximum Gasteiger partial charge on any atom is 0.321 e. The highest BCUT2D eigenvalue weighted by Gasteiger charge is 2.23. The molecule has 0 bridgehead atoms. The predicted octanol–water partition coefficient (Wildman–Crippen LogP) is 4.69. The van der Waals surface area contributed by atoms with Crippen LogP contribution in [0.1, 0.15) is 17.0 Å². The molecule has 4 rings (SSSR count). The van der Waals surface area contributed by atoms with E-state index in [9.17, 15) is 9.18 Å². The average Bonchev–Trinajstić information content (AvgIpc) is 2.77. The molecule has 1 aromatic heterocycles. The fraction of sp³-hybridized carbons (Fsp3) is 0.292. The summed E-state index contributed by atoms with van der Waals surface area (Å²) < 4.78 is 19.6. The van der Waals surface area contributed by atoms with E-state index in [4.69, 9.17) is 4.74 Å². The zero-order chi connectivity index (χ0) is 22.7. The van der Waals surface area contributed by atoms with E-state index in [1.807, 2.05) is 44.2 Å². The second kappa shape index (κ2) is 9.21. The van der Waals surface area contributed by atoms with Gasteiger partial charge in [0.05, 0.1) is 0 Å². The lowest BCUT2D eigenvalue weighted by molar-refractivity contribution is 0.208. The molecule has 0 saturated carbocycles. The summed E-state index contributed by atoms with van der Waals surface area (Å²) in [7, 11) is 0. The molecule has 1 fully saturated rings. The smallest absolute Gasteiger partial charge is 0.321 e. The monoisotopic (exact) mass is 435 g/mol. The summed E-state index contributed by atoms with van der Waals surface area (Å²) >= 11 is 0. The molecule has 3 aromatic rings. The van der Waals surface area contributed by atoms with Gasteiger partial charge in [0.2, 0.25) is 5.88 Å². The Morgan fingerprint density at radius 1 is 0.969 bits per heavy atom. The topological polar surface area (TPSA) is 70.6 Å². The minimum Gasteiger partial charge on any atom is -0.439 e. The van der Waals surface area contributed by atoms with Crippen molar-refractivity contribution >= 4 is 17.5 Å². The number of carbonyl (C=O) groups is 1. The summed E-state index contributed by atoms with van der Waals surface area (Å²) in [4.78, 5) is 25.3. The van der Waals surface area contributed by atoms with E-state index in [0.717, 1.165) is 11.4 Å². The van der Waals surface area contributed by atoms with Gasteiger partial charge < -0.3 is 19.9 Å². The van der Waals surface area contributed by atoms with Crippen LogP contribution in [0.5, 0.6) is 11.6 Å². The number of amides is 2. The van der Waals surface area contributed by atoms with Gasteiger partial charge >= 0.3 is 6.03 Å². The van der Waals surface area contributed by atoms with Gasteiger partial charge in [0.1, 0.15) is 23.2 Å². The number of halogens is 1. The first-order valence-corrected chi connectivity index (χ1v) is 10.5. The summed E-state index contributed by atoms with van der Waals surface area (Å²) in [5.41, 5.74) is 2.15. The zero-order valence-electron chi connectivity index (χ0n) is 18.4. The number of anilines is 2. The van der Waals surface area contributed by atoms with E-state index in [0.29, 0.717) is 54.9 Å². The first-order chi connectivity index (χ1) is 15.4. The molecule has 2 aromatic carbocycles. The van der Waals surface area contributed by atoms with Gasteiger partial charge in [-0.15, -0.1) is 0 Å². The van der Waals surface area contributed by atoms with Gasteiger partial charge in [0.25, 0.3) is 0 Å². The Morgan fingerprint density at radius 3 is 2.38 bits per heavy atom. The molecule has 1 saturated heterocycles. The molecule has 0 aliphatic carbocycles. The van der Waals surface area contributed by atoms with Gasteiger partial charge in [-0.25, -0.2) is 14.2 Å². The fourth-order valence-corrected chi connectivity index (χ4v) is 3.48. The van der Waals surface area contributed by atoms with Crippen LogP contribution in [-0.2, 0) is 0 Å². The first kappa shape index (κ1) is 21.5. The summed E-state index contributed by atoms with van der Waals surface area (Å²) in [5.74, 6) is 2.24. The van der Waals surface area contributed by atoms with Gasteiger partial charge in [-0.05, 0) is 50.6 Å². The molecular formula is C24H26FN5O2. The number of carbonyl (C=O) groups excluding carboxylic acids is 1. The van der Waals surface area contributed by atoms with Crippen molar-refractivity contribution < 1.29 is 13.9 Å². The van der Waals surface area contributed by atoms with Crippen LogP contribution in [0, 0.1) is 26.6 Å². The summed E-state index contributed by atoms with van der Waals surface area (Å²) in [6.07, 6.45) is 0. The Labute approximate surface area is 186 Å². The number of nitrogens with one attached hydrogen (secondary N) is 1. The SMILES string of the molecule is Cc1ccc(Oc2cc(N3CCN(C(=O)Nc4ccc(C)c(F)c4)CC3)nc(C)n2)cc1. The lowest BCUT2D eigenvalue weighted by Crippen LogP contribution is -2.50. The van der Waals surface area contributed by atoms with Crippen LogP contribution in [0.25, 0.3) is 0 Å². The standard InChI is InChI=1S/C24H26FN5O2/c1-16-4-8-20(9-5-16)32-23-15-22(26-18(3)27-23)29-10-12-30(13-11-29)24(31)28-19-7-6-17(2)21(25)14-19/h4-9,14-15H,10-13H2,1-3H3,(H,28,31). The number of ether oxygens (including phenoxy) is 1. The van der Waals surface area contributed by atoms with Crippen molar-refractivity contribution in [3.8, 4) is 11.6 Å². The maximum atomic E-state index is 13.7.